The minimum atomic E-state index is 0.410. The Bertz CT molecular complexity index is 628. The number of aromatic hydroxyl groups is 1. The van der Waals surface area contributed by atoms with Gasteiger partial charge < -0.3 is 5.11 Å². The van der Waals surface area contributed by atoms with Gasteiger partial charge in [-0.2, -0.15) is 0 Å². The number of phenols is 1. The van der Waals surface area contributed by atoms with E-state index in [1.807, 2.05) is 18.2 Å². The van der Waals surface area contributed by atoms with Crippen LogP contribution in [0.1, 0.15) is 61.4 Å². The lowest BCUT2D eigenvalue weighted by atomic mass is 9.84. The van der Waals surface area contributed by atoms with E-state index in [9.17, 15) is 5.11 Å². The Hall–Kier alpha value is -1.76. The lowest BCUT2D eigenvalue weighted by Crippen LogP contribution is -2.07. The van der Waals surface area contributed by atoms with Gasteiger partial charge in [0.05, 0.1) is 0 Å². The summed E-state index contributed by atoms with van der Waals surface area (Å²) in [6.07, 6.45) is 4.17. The fourth-order valence-corrected chi connectivity index (χ4v) is 3.53. The maximum atomic E-state index is 10.0. The van der Waals surface area contributed by atoms with Crippen molar-refractivity contribution in [1.29, 1.82) is 0 Å². The van der Waals surface area contributed by atoms with Gasteiger partial charge >= 0.3 is 0 Å². The van der Waals surface area contributed by atoms with E-state index in [-0.39, 0.29) is 0 Å². The molecule has 0 saturated carbocycles. The van der Waals surface area contributed by atoms with Crippen LogP contribution in [0.4, 0.5) is 0 Å². The van der Waals surface area contributed by atoms with Gasteiger partial charge in [-0.3, -0.25) is 0 Å². The van der Waals surface area contributed by atoms with Crippen LogP contribution in [0.15, 0.2) is 36.4 Å². The van der Waals surface area contributed by atoms with Crippen molar-refractivity contribution in [3.8, 4) is 5.75 Å². The Labute approximate surface area is 135 Å². The summed E-state index contributed by atoms with van der Waals surface area (Å²) in [5.74, 6) is 0.827. The number of hydrogen-bond donors (Lipinski definition) is 1. The number of para-hydroxylation sites is 1. The molecule has 0 aliphatic rings. The summed E-state index contributed by atoms with van der Waals surface area (Å²) in [4.78, 5) is 0. The van der Waals surface area contributed by atoms with Crippen LogP contribution in [-0.2, 0) is 25.7 Å². The first kappa shape index (κ1) is 16.6. The summed E-state index contributed by atoms with van der Waals surface area (Å²) in [5.41, 5.74) is 7.02. The van der Waals surface area contributed by atoms with Crippen molar-refractivity contribution < 1.29 is 5.11 Å². The molecular weight excluding hydrogens is 268 g/mol. The molecule has 0 fully saturated rings. The van der Waals surface area contributed by atoms with Crippen LogP contribution < -0.4 is 0 Å². The van der Waals surface area contributed by atoms with E-state index < -0.39 is 0 Å². The van der Waals surface area contributed by atoms with Gasteiger partial charge in [0, 0.05) is 0 Å². The minimum absolute atomic E-state index is 0.410. The van der Waals surface area contributed by atoms with Gasteiger partial charge in [-0.1, -0.05) is 58.0 Å². The zero-order valence-electron chi connectivity index (χ0n) is 14.3. The number of phenolic OH excluding ortho intramolecular Hbond substituents is 1. The Morgan fingerprint density at radius 3 is 2.09 bits per heavy atom. The van der Waals surface area contributed by atoms with E-state index in [0.717, 1.165) is 31.2 Å². The molecule has 0 amide bonds. The predicted octanol–water partition coefficient (Wildman–Crippen LogP) is 5.43. The Balaban J connectivity index is 2.37. The van der Waals surface area contributed by atoms with E-state index in [4.69, 9.17) is 0 Å². The molecule has 0 heterocycles. The second kappa shape index (κ2) is 7.49. The van der Waals surface area contributed by atoms with Crippen LogP contribution >= 0.6 is 0 Å². The van der Waals surface area contributed by atoms with Crippen LogP contribution in [-0.4, -0.2) is 5.11 Å². The summed E-state index contributed by atoms with van der Waals surface area (Å²) in [6, 6.07) is 12.3. The first-order chi connectivity index (χ1) is 10.6. The monoisotopic (exact) mass is 296 g/mol. The topological polar surface area (TPSA) is 20.2 Å². The molecule has 1 nitrogen and oxygen atoms in total. The van der Waals surface area contributed by atoms with E-state index in [0.29, 0.717) is 11.7 Å². The van der Waals surface area contributed by atoms with Crippen molar-refractivity contribution >= 4 is 0 Å². The molecule has 0 aliphatic carbocycles. The normalized spacial score (nSPS) is 12.4. The van der Waals surface area contributed by atoms with Crippen LogP contribution in [0.5, 0.6) is 5.75 Å². The van der Waals surface area contributed by atoms with Crippen molar-refractivity contribution in [2.75, 3.05) is 0 Å². The third-order valence-corrected chi connectivity index (χ3v) is 4.70. The molecule has 0 radical (unpaired) electrons. The smallest absolute Gasteiger partial charge is 0.118 e. The van der Waals surface area contributed by atoms with Crippen molar-refractivity contribution in [2.45, 2.75) is 59.3 Å². The van der Waals surface area contributed by atoms with Crippen molar-refractivity contribution in [1.82, 2.24) is 0 Å². The fraction of sp³-hybridized carbons (Fsp3) is 0.429. The molecule has 118 valence electrons. The van der Waals surface area contributed by atoms with Gasteiger partial charge in [0.25, 0.3) is 0 Å². The van der Waals surface area contributed by atoms with Gasteiger partial charge in [0.2, 0.25) is 0 Å². The number of rotatable bonds is 6. The van der Waals surface area contributed by atoms with Gasteiger partial charge in [0.1, 0.15) is 5.75 Å². The molecule has 0 bridgehead atoms. The van der Waals surface area contributed by atoms with E-state index >= 15 is 0 Å². The molecule has 1 atom stereocenters. The summed E-state index contributed by atoms with van der Waals surface area (Å²) in [6.45, 7) is 9.01. The average Bonchev–Trinajstić information content (AvgIpc) is 2.55. The maximum absolute atomic E-state index is 10.0. The van der Waals surface area contributed by atoms with Crippen molar-refractivity contribution in [3.63, 3.8) is 0 Å². The molecule has 0 aliphatic heterocycles. The fourth-order valence-electron chi connectivity index (χ4n) is 3.53. The molecule has 1 N–H and O–H groups in total. The first-order valence-corrected chi connectivity index (χ1v) is 8.52. The molecule has 2 aromatic carbocycles. The predicted molar refractivity (Wildman–Crippen MR) is 94.8 cm³/mol. The third-order valence-electron chi connectivity index (χ3n) is 4.70. The summed E-state index contributed by atoms with van der Waals surface area (Å²) in [5, 5.41) is 10.0. The zero-order chi connectivity index (χ0) is 16.1. The molecule has 0 saturated heterocycles. The molecule has 2 rings (SSSR count). The SMILES string of the molecule is CCc1ccc(C(C)Cc2ccccc2O)c(CC)c1CC. The largest absolute Gasteiger partial charge is 0.508 e. The van der Waals surface area contributed by atoms with E-state index in [1.54, 1.807) is 6.07 Å². The van der Waals surface area contributed by atoms with Gasteiger partial charge in [-0.25, -0.2) is 0 Å². The number of hydrogen-bond acceptors (Lipinski definition) is 1. The average molecular weight is 296 g/mol. The second-order valence-electron chi connectivity index (χ2n) is 6.07. The van der Waals surface area contributed by atoms with E-state index in [1.165, 1.54) is 22.3 Å². The summed E-state index contributed by atoms with van der Waals surface area (Å²) < 4.78 is 0. The van der Waals surface area contributed by atoms with E-state index in [2.05, 4.69) is 39.8 Å². The highest BCUT2D eigenvalue weighted by atomic mass is 16.3. The zero-order valence-corrected chi connectivity index (χ0v) is 14.3. The lowest BCUT2D eigenvalue weighted by Gasteiger charge is -2.21. The van der Waals surface area contributed by atoms with Crippen molar-refractivity contribution in [2.24, 2.45) is 0 Å². The summed E-state index contributed by atoms with van der Waals surface area (Å²) >= 11 is 0. The van der Waals surface area contributed by atoms with Crippen LogP contribution in [0.2, 0.25) is 0 Å². The Morgan fingerprint density at radius 1 is 0.818 bits per heavy atom. The first-order valence-electron chi connectivity index (χ1n) is 8.52. The van der Waals surface area contributed by atoms with Crippen molar-refractivity contribution in [3.05, 3.63) is 64.2 Å². The highest BCUT2D eigenvalue weighted by molar-refractivity contribution is 5.44. The highest BCUT2D eigenvalue weighted by Gasteiger charge is 2.16. The quantitative estimate of drug-likeness (QED) is 0.754. The molecule has 0 aromatic heterocycles. The minimum Gasteiger partial charge on any atom is -0.508 e. The number of aryl methyl sites for hydroxylation is 1. The lowest BCUT2D eigenvalue weighted by molar-refractivity contribution is 0.465. The van der Waals surface area contributed by atoms with Crippen LogP contribution in [0.3, 0.4) is 0 Å². The maximum Gasteiger partial charge on any atom is 0.118 e. The van der Waals surface area contributed by atoms with Gasteiger partial charge in [0.15, 0.2) is 0 Å². The number of benzene rings is 2. The van der Waals surface area contributed by atoms with Crippen LogP contribution in [0.25, 0.3) is 0 Å². The highest BCUT2D eigenvalue weighted by Crippen LogP contribution is 2.31. The molecule has 0 spiro atoms. The molecule has 22 heavy (non-hydrogen) atoms. The second-order valence-corrected chi connectivity index (χ2v) is 6.07. The molecular formula is C21H28O. The molecule has 1 heteroatoms. The Kier molecular flexibility index (Phi) is 5.65. The van der Waals surface area contributed by atoms with Gasteiger partial charge in [-0.15, -0.1) is 0 Å². The molecule has 2 aromatic rings. The summed E-state index contributed by atoms with van der Waals surface area (Å²) in [7, 11) is 0. The standard InChI is InChI=1S/C21H28O/c1-5-16-12-13-20(19(7-3)18(16)6-2)15(4)14-17-10-8-9-11-21(17)22/h8-13,15,22H,5-7,14H2,1-4H3. The molecule has 1 unspecified atom stereocenters. The Morgan fingerprint density at radius 2 is 1.50 bits per heavy atom. The van der Waals surface area contributed by atoms with Gasteiger partial charge in [-0.05, 0) is 65.5 Å². The van der Waals surface area contributed by atoms with Crippen LogP contribution in [0, 0.1) is 0 Å². The third kappa shape index (κ3) is 3.35.